The van der Waals surface area contributed by atoms with E-state index in [1.165, 1.54) is 18.4 Å². The highest BCUT2D eigenvalue weighted by molar-refractivity contribution is 5.79. The first-order valence-electron chi connectivity index (χ1n) is 9.25. The van der Waals surface area contributed by atoms with Crippen molar-refractivity contribution in [1.29, 1.82) is 0 Å². The van der Waals surface area contributed by atoms with E-state index in [0.717, 1.165) is 24.0 Å². The zero-order valence-electron chi connectivity index (χ0n) is 15.5. The van der Waals surface area contributed by atoms with Crippen LogP contribution in [0, 0.1) is 0 Å². The minimum absolute atomic E-state index is 0.239. The molecule has 2 aromatic carbocycles. The molecule has 6 nitrogen and oxygen atoms in total. The standard InChI is InChI=1S/C21H24N6/c1-22-20(24-15-21(12-13-21)17-8-4-2-5-9-17)23-14-19-26-25-16-27(19)18-10-6-3-7-11-18/h2-11,16H,12-15H2,1H3,(H2,22,23,24). The van der Waals surface area contributed by atoms with Gasteiger partial charge in [0, 0.05) is 24.7 Å². The van der Waals surface area contributed by atoms with Crippen molar-refractivity contribution in [3.05, 3.63) is 78.4 Å². The number of benzene rings is 2. The molecule has 1 fully saturated rings. The van der Waals surface area contributed by atoms with Crippen LogP contribution >= 0.6 is 0 Å². The second-order valence-corrected chi connectivity index (χ2v) is 6.88. The molecule has 0 saturated heterocycles. The van der Waals surface area contributed by atoms with Crippen molar-refractivity contribution in [3.63, 3.8) is 0 Å². The maximum atomic E-state index is 4.35. The van der Waals surface area contributed by atoms with Gasteiger partial charge in [0.1, 0.15) is 6.33 Å². The van der Waals surface area contributed by atoms with Crippen LogP contribution in [-0.4, -0.2) is 34.3 Å². The third-order valence-electron chi connectivity index (χ3n) is 5.12. The van der Waals surface area contributed by atoms with Gasteiger partial charge in [0.15, 0.2) is 11.8 Å². The van der Waals surface area contributed by atoms with E-state index >= 15 is 0 Å². The predicted molar refractivity (Wildman–Crippen MR) is 107 cm³/mol. The van der Waals surface area contributed by atoms with Crippen molar-refractivity contribution in [2.45, 2.75) is 24.8 Å². The van der Waals surface area contributed by atoms with Crippen LogP contribution in [-0.2, 0) is 12.0 Å². The summed E-state index contributed by atoms with van der Waals surface area (Å²) >= 11 is 0. The van der Waals surface area contributed by atoms with Crippen LogP contribution in [0.3, 0.4) is 0 Å². The minimum Gasteiger partial charge on any atom is -0.356 e. The topological polar surface area (TPSA) is 67.1 Å². The summed E-state index contributed by atoms with van der Waals surface area (Å²) in [6.45, 7) is 1.43. The molecule has 1 aliphatic rings. The van der Waals surface area contributed by atoms with Gasteiger partial charge < -0.3 is 10.6 Å². The van der Waals surface area contributed by atoms with Crippen LogP contribution in [0.5, 0.6) is 0 Å². The van der Waals surface area contributed by atoms with Gasteiger partial charge in [-0.05, 0) is 30.5 Å². The van der Waals surface area contributed by atoms with Crippen LogP contribution in [0.25, 0.3) is 5.69 Å². The Morgan fingerprint density at radius 1 is 1.04 bits per heavy atom. The zero-order valence-corrected chi connectivity index (χ0v) is 15.5. The Balaban J connectivity index is 1.37. The molecule has 6 heteroatoms. The Morgan fingerprint density at radius 3 is 2.41 bits per heavy atom. The first-order chi connectivity index (χ1) is 13.3. The van der Waals surface area contributed by atoms with Crippen molar-refractivity contribution in [2.75, 3.05) is 13.6 Å². The highest BCUT2D eigenvalue weighted by Crippen LogP contribution is 2.47. The fourth-order valence-electron chi connectivity index (χ4n) is 3.33. The number of hydrogen-bond donors (Lipinski definition) is 2. The van der Waals surface area contributed by atoms with Gasteiger partial charge in [0.2, 0.25) is 0 Å². The first kappa shape index (κ1) is 17.3. The minimum atomic E-state index is 0.239. The third-order valence-corrected chi connectivity index (χ3v) is 5.12. The van der Waals surface area contributed by atoms with Crippen LogP contribution < -0.4 is 10.6 Å². The maximum Gasteiger partial charge on any atom is 0.191 e. The fraction of sp³-hybridized carbons (Fsp3) is 0.286. The second kappa shape index (κ2) is 7.61. The quantitative estimate of drug-likeness (QED) is 0.524. The molecule has 1 heterocycles. The Labute approximate surface area is 159 Å². The number of aliphatic imine (C=N–C) groups is 1. The van der Waals surface area contributed by atoms with E-state index < -0.39 is 0 Å². The molecule has 0 amide bonds. The molecule has 3 aromatic rings. The molecule has 2 N–H and O–H groups in total. The van der Waals surface area contributed by atoms with E-state index in [1.54, 1.807) is 13.4 Å². The summed E-state index contributed by atoms with van der Waals surface area (Å²) in [6, 6.07) is 20.8. The van der Waals surface area contributed by atoms with Gasteiger partial charge in [0.25, 0.3) is 0 Å². The number of para-hydroxylation sites is 1. The normalized spacial score (nSPS) is 15.4. The Morgan fingerprint density at radius 2 is 1.74 bits per heavy atom. The van der Waals surface area contributed by atoms with Gasteiger partial charge in [-0.15, -0.1) is 10.2 Å². The number of nitrogens with zero attached hydrogens (tertiary/aromatic N) is 4. The highest BCUT2D eigenvalue weighted by Gasteiger charge is 2.43. The lowest BCUT2D eigenvalue weighted by molar-refractivity contribution is 0.642. The van der Waals surface area contributed by atoms with Crippen LogP contribution in [0.15, 0.2) is 72.0 Å². The average Bonchev–Trinajstić information content (AvgIpc) is 3.38. The summed E-state index contributed by atoms with van der Waals surface area (Å²) < 4.78 is 1.98. The lowest BCUT2D eigenvalue weighted by Crippen LogP contribution is -2.41. The van der Waals surface area contributed by atoms with Crippen LogP contribution in [0.2, 0.25) is 0 Å². The highest BCUT2D eigenvalue weighted by atomic mass is 15.3. The predicted octanol–water partition coefficient (Wildman–Crippen LogP) is 2.66. The molecule has 1 saturated carbocycles. The molecule has 4 rings (SSSR count). The smallest absolute Gasteiger partial charge is 0.191 e. The maximum absolute atomic E-state index is 4.35. The van der Waals surface area contributed by atoms with E-state index in [4.69, 9.17) is 0 Å². The number of hydrogen-bond acceptors (Lipinski definition) is 3. The average molecular weight is 360 g/mol. The Hall–Kier alpha value is -3.15. The molecule has 0 bridgehead atoms. The van der Waals surface area contributed by atoms with E-state index in [9.17, 15) is 0 Å². The van der Waals surface area contributed by atoms with Gasteiger partial charge in [-0.3, -0.25) is 9.56 Å². The zero-order chi connectivity index (χ0) is 18.5. The van der Waals surface area contributed by atoms with Crippen molar-refractivity contribution >= 4 is 5.96 Å². The third kappa shape index (κ3) is 3.84. The molecule has 0 spiro atoms. The van der Waals surface area contributed by atoms with Crippen molar-refractivity contribution in [3.8, 4) is 5.69 Å². The summed E-state index contributed by atoms with van der Waals surface area (Å²) in [5.41, 5.74) is 2.68. The van der Waals surface area contributed by atoms with E-state index in [2.05, 4.69) is 56.2 Å². The summed E-state index contributed by atoms with van der Waals surface area (Å²) in [4.78, 5) is 4.35. The molecule has 0 unspecified atom stereocenters. The molecular weight excluding hydrogens is 336 g/mol. The molecular formula is C21H24N6. The van der Waals surface area contributed by atoms with Crippen molar-refractivity contribution in [1.82, 2.24) is 25.4 Å². The van der Waals surface area contributed by atoms with E-state index in [0.29, 0.717) is 6.54 Å². The van der Waals surface area contributed by atoms with Crippen LogP contribution in [0.4, 0.5) is 0 Å². The van der Waals surface area contributed by atoms with Crippen molar-refractivity contribution in [2.24, 2.45) is 4.99 Å². The summed E-state index contributed by atoms with van der Waals surface area (Å²) in [5, 5.41) is 15.1. The lowest BCUT2D eigenvalue weighted by atomic mass is 9.96. The molecule has 0 radical (unpaired) electrons. The summed E-state index contributed by atoms with van der Waals surface area (Å²) in [7, 11) is 1.79. The lowest BCUT2D eigenvalue weighted by Gasteiger charge is -2.19. The fourth-order valence-corrected chi connectivity index (χ4v) is 3.33. The first-order valence-corrected chi connectivity index (χ1v) is 9.25. The number of guanidine groups is 1. The molecule has 1 aliphatic carbocycles. The van der Waals surface area contributed by atoms with Gasteiger partial charge in [0.05, 0.1) is 6.54 Å². The van der Waals surface area contributed by atoms with E-state index in [-0.39, 0.29) is 5.41 Å². The number of aromatic nitrogens is 3. The number of nitrogens with one attached hydrogen (secondary N) is 2. The second-order valence-electron chi connectivity index (χ2n) is 6.88. The molecule has 138 valence electrons. The van der Waals surface area contributed by atoms with E-state index in [1.807, 2.05) is 34.9 Å². The Kier molecular flexibility index (Phi) is 4.87. The van der Waals surface area contributed by atoms with Gasteiger partial charge in [-0.25, -0.2) is 0 Å². The summed E-state index contributed by atoms with van der Waals surface area (Å²) in [6.07, 6.45) is 4.16. The van der Waals surface area contributed by atoms with Gasteiger partial charge in [-0.1, -0.05) is 48.5 Å². The molecule has 0 aliphatic heterocycles. The van der Waals surface area contributed by atoms with Crippen molar-refractivity contribution < 1.29 is 0 Å². The van der Waals surface area contributed by atoms with Crippen LogP contribution in [0.1, 0.15) is 24.2 Å². The Bertz CT molecular complexity index is 897. The monoisotopic (exact) mass is 360 g/mol. The molecule has 0 atom stereocenters. The molecule has 1 aromatic heterocycles. The number of rotatable bonds is 6. The SMILES string of the molecule is CN=C(NCc1nncn1-c1ccccc1)NCC1(c2ccccc2)CC1. The van der Waals surface area contributed by atoms with Gasteiger partial charge in [-0.2, -0.15) is 0 Å². The summed E-state index contributed by atoms with van der Waals surface area (Å²) in [5.74, 6) is 1.62. The molecule has 27 heavy (non-hydrogen) atoms. The van der Waals surface area contributed by atoms with Gasteiger partial charge >= 0.3 is 0 Å². The largest absolute Gasteiger partial charge is 0.356 e.